The molecule has 2 aromatic rings. The van der Waals surface area contributed by atoms with Crippen molar-refractivity contribution in [1.82, 2.24) is 0 Å². The topological polar surface area (TPSA) is 77.2 Å². The van der Waals surface area contributed by atoms with E-state index in [1.54, 1.807) is 13.0 Å². The maximum Gasteiger partial charge on any atom is 0.250 e. The van der Waals surface area contributed by atoms with Crippen LogP contribution in [0, 0.1) is 3.57 Å². The summed E-state index contributed by atoms with van der Waals surface area (Å²) in [6, 6.07) is 12.8. The van der Waals surface area contributed by atoms with Gasteiger partial charge in [-0.15, -0.1) is 0 Å². The molecule has 0 aliphatic carbocycles. The summed E-state index contributed by atoms with van der Waals surface area (Å²) in [5, 5.41) is 0. The summed E-state index contributed by atoms with van der Waals surface area (Å²) in [5.41, 5.74) is 7.05. The smallest absolute Gasteiger partial charge is 0.250 e. The molecule has 22 heavy (non-hydrogen) atoms. The second-order valence-corrected chi connectivity index (χ2v) is 8.21. The highest BCUT2D eigenvalue weighted by Gasteiger charge is 2.25. The van der Waals surface area contributed by atoms with Gasteiger partial charge in [0.05, 0.1) is 16.2 Å². The lowest BCUT2D eigenvalue weighted by Gasteiger charge is -2.15. The molecule has 1 amide bonds. The summed E-state index contributed by atoms with van der Waals surface area (Å²) in [5.74, 6) is -0.799. The molecule has 2 aromatic carbocycles. The highest BCUT2D eigenvalue weighted by Crippen LogP contribution is 2.28. The molecule has 0 fully saturated rings. The molecule has 2 N–H and O–H groups in total. The average Bonchev–Trinajstić information content (AvgIpc) is 2.49. The number of hydrogen-bond donors (Lipinski definition) is 1. The largest absolute Gasteiger partial charge is 0.366 e. The second-order valence-electron chi connectivity index (χ2n) is 4.83. The Labute approximate surface area is 143 Å². The number of benzene rings is 2. The molecule has 0 unspecified atom stereocenters. The van der Waals surface area contributed by atoms with Crippen molar-refractivity contribution in [2.45, 2.75) is 18.2 Å². The molecule has 4 nitrogen and oxygen atoms in total. The number of sulfone groups is 1. The van der Waals surface area contributed by atoms with Crippen molar-refractivity contribution < 1.29 is 13.2 Å². The first-order valence-electron chi connectivity index (χ1n) is 6.74. The Bertz CT molecular complexity index is 802. The van der Waals surface area contributed by atoms with Crippen molar-refractivity contribution in [2.24, 2.45) is 5.73 Å². The molecule has 0 heterocycles. The highest BCUT2D eigenvalue weighted by molar-refractivity contribution is 14.1. The van der Waals surface area contributed by atoms with E-state index in [0.717, 1.165) is 9.13 Å². The normalized spacial score (nSPS) is 11.4. The molecular formula is C16H16INO3S. The zero-order valence-electron chi connectivity index (χ0n) is 12.0. The molecule has 0 aliphatic heterocycles. The Kier molecular flexibility index (Phi) is 5.23. The third kappa shape index (κ3) is 3.49. The summed E-state index contributed by atoms with van der Waals surface area (Å²) in [6.07, 6.45) is 0.439. The minimum Gasteiger partial charge on any atom is -0.366 e. The minimum absolute atomic E-state index is 0.0631. The van der Waals surface area contributed by atoms with E-state index in [9.17, 15) is 13.2 Å². The standard InChI is InChI=1S/C16H16INO3S/c1-2-22(20,21)15-12(16(18)19)8-9-14(17)13(15)10-11-6-4-3-5-7-11/h3-9H,2,10H2,1H3,(H2,18,19). The molecule has 116 valence electrons. The van der Waals surface area contributed by atoms with Gasteiger partial charge < -0.3 is 5.73 Å². The van der Waals surface area contributed by atoms with Gasteiger partial charge in [-0.3, -0.25) is 4.79 Å². The van der Waals surface area contributed by atoms with Crippen molar-refractivity contribution in [3.63, 3.8) is 0 Å². The van der Waals surface area contributed by atoms with E-state index in [4.69, 9.17) is 5.73 Å². The van der Waals surface area contributed by atoms with Crippen LogP contribution < -0.4 is 5.73 Å². The van der Waals surface area contributed by atoms with E-state index < -0.39 is 15.7 Å². The van der Waals surface area contributed by atoms with Crippen molar-refractivity contribution in [1.29, 1.82) is 0 Å². The number of carbonyl (C=O) groups is 1. The van der Waals surface area contributed by atoms with Gasteiger partial charge in [-0.05, 0) is 52.3 Å². The average molecular weight is 429 g/mol. The lowest BCUT2D eigenvalue weighted by atomic mass is 10.0. The fraction of sp³-hybridized carbons (Fsp3) is 0.188. The fourth-order valence-electron chi connectivity index (χ4n) is 2.26. The van der Waals surface area contributed by atoms with Crippen LogP contribution in [0.2, 0.25) is 0 Å². The van der Waals surface area contributed by atoms with Crippen LogP contribution >= 0.6 is 22.6 Å². The Morgan fingerprint density at radius 2 is 1.77 bits per heavy atom. The maximum absolute atomic E-state index is 12.5. The predicted octanol–water partition coefficient (Wildman–Crippen LogP) is 2.77. The van der Waals surface area contributed by atoms with Gasteiger partial charge in [0.15, 0.2) is 9.84 Å². The lowest BCUT2D eigenvalue weighted by molar-refractivity contribution is 0.0997. The van der Waals surface area contributed by atoms with Crippen LogP contribution in [0.15, 0.2) is 47.4 Å². The summed E-state index contributed by atoms with van der Waals surface area (Å²) in [7, 11) is -3.55. The summed E-state index contributed by atoms with van der Waals surface area (Å²) in [6.45, 7) is 1.56. The molecule has 0 saturated carbocycles. The van der Waals surface area contributed by atoms with E-state index in [-0.39, 0.29) is 16.2 Å². The molecule has 6 heteroatoms. The van der Waals surface area contributed by atoms with Crippen LogP contribution in [0.3, 0.4) is 0 Å². The number of rotatable bonds is 5. The molecule has 2 rings (SSSR count). The maximum atomic E-state index is 12.5. The van der Waals surface area contributed by atoms with Crippen molar-refractivity contribution in [3.8, 4) is 0 Å². The number of primary amides is 1. The second kappa shape index (κ2) is 6.78. The Morgan fingerprint density at radius 3 is 2.32 bits per heavy atom. The lowest BCUT2D eigenvalue weighted by Crippen LogP contribution is -2.20. The van der Waals surface area contributed by atoms with E-state index in [2.05, 4.69) is 22.6 Å². The fourth-order valence-corrected chi connectivity index (χ4v) is 4.44. The summed E-state index contributed by atoms with van der Waals surface area (Å²) < 4.78 is 25.8. The Hall–Kier alpha value is -1.41. The van der Waals surface area contributed by atoms with Gasteiger partial charge >= 0.3 is 0 Å². The zero-order chi connectivity index (χ0) is 16.3. The molecule has 0 spiro atoms. The molecule has 0 aromatic heterocycles. The molecule has 0 bridgehead atoms. The Morgan fingerprint density at radius 1 is 1.14 bits per heavy atom. The monoisotopic (exact) mass is 429 g/mol. The SMILES string of the molecule is CCS(=O)(=O)c1c(C(N)=O)ccc(I)c1Cc1ccccc1. The zero-order valence-corrected chi connectivity index (χ0v) is 15.0. The van der Waals surface area contributed by atoms with Gasteiger partial charge in [-0.2, -0.15) is 0 Å². The molecule has 0 aliphatic rings. The van der Waals surface area contributed by atoms with Crippen LogP contribution in [0.4, 0.5) is 0 Å². The van der Waals surface area contributed by atoms with Gasteiger partial charge in [-0.25, -0.2) is 8.42 Å². The van der Waals surface area contributed by atoms with Crippen LogP contribution in [-0.2, 0) is 16.3 Å². The number of amides is 1. The number of carbonyl (C=O) groups excluding carboxylic acids is 1. The third-order valence-electron chi connectivity index (χ3n) is 3.38. The van der Waals surface area contributed by atoms with Crippen LogP contribution in [-0.4, -0.2) is 20.1 Å². The van der Waals surface area contributed by atoms with Crippen LogP contribution in [0.5, 0.6) is 0 Å². The first kappa shape index (κ1) is 17.0. The quantitative estimate of drug-likeness (QED) is 0.743. The predicted molar refractivity (Wildman–Crippen MR) is 94.7 cm³/mol. The van der Waals surface area contributed by atoms with Gasteiger partial charge in [0.25, 0.3) is 0 Å². The molecule has 0 radical (unpaired) electrons. The van der Waals surface area contributed by atoms with Gasteiger partial charge in [0.2, 0.25) is 5.91 Å². The van der Waals surface area contributed by atoms with Crippen molar-refractivity contribution in [2.75, 3.05) is 5.75 Å². The first-order chi connectivity index (χ1) is 10.4. The van der Waals surface area contributed by atoms with Gasteiger partial charge in [0, 0.05) is 3.57 Å². The van der Waals surface area contributed by atoms with E-state index in [1.807, 2.05) is 30.3 Å². The number of hydrogen-bond acceptors (Lipinski definition) is 3. The number of halogens is 1. The first-order valence-corrected chi connectivity index (χ1v) is 9.47. The number of nitrogens with two attached hydrogens (primary N) is 1. The molecule has 0 atom stereocenters. The van der Waals surface area contributed by atoms with Gasteiger partial charge in [0.1, 0.15) is 0 Å². The van der Waals surface area contributed by atoms with E-state index >= 15 is 0 Å². The van der Waals surface area contributed by atoms with Crippen molar-refractivity contribution >= 4 is 38.3 Å². The van der Waals surface area contributed by atoms with E-state index in [1.165, 1.54) is 6.07 Å². The van der Waals surface area contributed by atoms with Crippen LogP contribution in [0.1, 0.15) is 28.4 Å². The Balaban J connectivity index is 2.71. The van der Waals surface area contributed by atoms with E-state index in [0.29, 0.717) is 12.0 Å². The minimum atomic E-state index is -3.55. The summed E-state index contributed by atoms with van der Waals surface area (Å²) >= 11 is 2.09. The molecule has 0 saturated heterocycles. The molecular weight excluding hydrogens is 413 g/mol. The highest BCUT2D eigenvalue weighted by atomic mass is 127. The van der Waals surface area contributed by atoms with Crippen molar-refractivity contribution in [3.05, 3.63) is 62.7 Å². The van der Waals surface area contributed by atoms with Gasteiger partial charge in [-0.1, -0.05) is 37.3 Å². The third-order valence-corrected chi connectivity index (χ3v) is 6.24. The summed E-state index contributed by atoms with van der Waals surface area (Å²) in [4.78, 5) is 11.7. The van der Waals surface area contributed by atoms with Crippen LogP contribution in [0.25, 0.3) is 0 Å².